The van der Waals surface area contributed by atoms with Crippen molar-refractivity contribution in [1.82, 2.24) is 0 Å². The molecule has 1 aromatic carbocycles. The molecule has 0 heterocycles. The summed E-state index contributed by atoms with van der Waals surface area (Å²) in [6.07, 6.45) is -16.3. The van der Waals surface area contributed by atoms with E-state index in [1.807, 2.05) is 0 Å². The number of rotatable bonds is 14. The van der Waals surface area contributed by atoms with Crippen LogP contribution in [-0.4, -0.2) is 83.4 Å². The molecule has 0 saturated carbocycles. The lowest BCUT2D eigenvalue weighted by molar-refractivity contribution is -0.462. The van der Waals surface area contributed by atoms with Crippen molar-refractivity contribution < 1.29 is 149 Å². The molecule has 56 heavy (non-hydrogen) atoms. The molecule has 0 aliphatic heterocycles. The van der Waals surface area contributed by atoms with E-state index in [2.05, 4.69) is 0 Å². The van der Waals surface area contributed by atoms with Gasteiger partial charge in [0.05, 0.1) is 0 Å². The first-order valence-electron chi connectivity index (χ1n) is 12.2. The summed E-state index contributed by atoms with van der Waals surface area (Å²) in [5.74, 6) is -123. The van der Waals surface area contributed by atoms with Crippen molar-refractivity contribution in [2.75, 3.05) is 0 Å². The Hall–Kier alpha value is -3.16. The van der Waals surface area contributed by atoms with Crippen LogP contribution in [0.1, 0.15) is 11.1 Å². The summed E-state index contributed by atoms with van der Waals surface area (Å²) >= 11 is 0. The van der Waals surface area contributed by atoms with Crippen LogP contribution in [0, 0.1) is 0 Å². The molecule has 0 atom stereocenters. The van der Waals surface area contributed by atoms with E-state index in [1.54, 1.807) is 0 Å². The van der Waals surface area contributed by atoms with E-state index in [0.29, 0.717) is 0 Å². The van der Waals surface area contributed by atoms with E-state index in [4.69, 9.17) is 0 Å². The van der Waals surface area contributed by atoms with Gasteiger partial charge in [-0.05, 0) is 0 Å². The first-order valence-corrected chi connectivity index (χ1v) is 12.2. The van der Waals surface area contributed by atoms with Crippen LogP contribution in [0.5, 0.6) is 0 Å². The largest absolute Gasteiger partial charge is 0.460 e. The van der Waals surface area contributed by atoms with Crippen LogP contribution < -0.4 is 0 Å². The van der Waals surface area contributed by atoms with Crippen molar-refractivity contribution in [3.63, 3.8) is 0 Å². The van der Waals surface area contributed by atoms with Crippen molar-refractivity contribution in [2.24, 2.45) is 0 Å². The third-order valence-electron chi connectivity index (χ3n) is 7.05. The van der Waals surface area contributed by atoms with Gasteiger partial charge < -0.3 is 0 Å². The van der Waals surface area contributed by atoms with Crippen LogP contribution in [-0.2, 0) is 11.8 Å². The highest BCUT2D eigenvalue weighted by atomic mass is 19.4. The Balaban J connectivity index is 3.87. The second-order valence-corrected chi connectivity index (χ2v) is 10.6. The van der Waals surface area contributed by atoms with E-state index in [9.17, 15) is 149 Å². The second kappa shape index (κ2) is 12.7. The molecule has 0 N–H and O–H groups in total. The Labute approximate surface area is 281 Å². The molecular formula is C22H4F34. The number of benzene rings is 1. The van der Waals surface area contributed by atoms with Gasteiger partial charge in [0, 0.05) is 11.1 Å². The van der Waals surface area contributed by atoms with Gasteiger partial charge >= 0.3 is 95.3 Å². The van der Waals surface area contributed by atoms with Gasteiger partial charge in [-0.1, -0.05) is 24.3 Å². The summed E-state index contributed by atoms with van der Waals surface area (Å²) in [7, 11) is 0. The predicted octanol–water partition coefficient (Wildman–Crippen LogP) is 12.6. The minimum atomic E-state index is -9.22. The number of hydrogen-bond donors (Lipinski definition) is 0. The number of halogens is 34. The maximum Gasteiger partial charge on any atom is 0.460 e. The maximum atomic E-state index is 14.3. The zero-order valence-electron chi connectivity index (χ0n) is 24.2. The fourth-order valence-electron chi connectivity index (χ4n) is 3.58. The normalized spacial score (nSPS) is 16.8. The molecule has 0 spiro atoms. The molecule has 1 aromatic rings. The summed E-state index contributed by atoms with van der Waals surface area (Å²) in [5, 5.41) is 0. The zero-order chi connectivity index (χ0) is 46.0. The Morgan fingerprint density at radius 1 is 0.179 bits per heavy atom. The minimum Gasteiger partial charge on any atom is -0.194 e. The Morgan fingerprint density at radius 3 is 0.446 bits per heavy atom. The van der Waals surface area contributed by atoms with Gasteiger partial charge in [0.25, 0.3) is 0 Å². The molecule has 0 radical (unpaired) electrons. The summed E-state index contributed by atoms with van der Waals surface area (Å²) in [6.45, 7) is 0. The molecule has 0 saturated heterocycles. The molecule has 34 heteroatoms. The van der Waals surface area contributed by atoms with Gasteiger partial charge in [-0.3, -0.25) is 0 Å². The Kier molecular flexibility index (Phi) is 11.5. The van der Waals surface area contributed by atoms with Crippen molar-refractivity contribution in [3.05, 3.63) is 35.4 Å². The molecule has 0 aromatic heterocycles. The fraction of sp³-hybridized carbons (Fsp3) is 0.727. The molecule has 0 fully saturated rings. The monoisotopic (exact) mass is 914 g/mol. The molecule has 0 unspecified atom stereocenters. The summed E-state index contributed by atoms with van der Waals surface area (Å²) < 4.78 is 456. The smallest absolute Gasteiger partial charge is 0.194 e. The quantitative estimate of drug-likeness (QED) is 0.163. The summed E-state index contributed by atoms with van der Waals surface area (Å²) in [5.41, 5.74) is -7.09. The van der Waals surface area contributed by atoms with E-state index >= 15 is 0 Å². The van der Waals surface area contributed by atoms with Gasteiger partial charge in [-0.25, -0.2) is 0 Å². The SMILES string of the molecule is FC(F)(F)C(F)(F)C(F)(F)C(F)(F)C(F)(F)C(F)(F)C(F)(F)C(F)(F)c1ccc(C(F)(F)C(F)(F)C(F)(F)C(F)(F)C(F)(F)C(F)(F)C(F)(F)C(F)(F)F)cc1. The lowest BCUT2D eigenvalue weighted by Crippen LogP contribution is -2.74. The van der Waals surface area contributed by atoms with E-state index < -0.39 is 131 Å². The van der Waals surface area contributed by atoms with Gasteiger partial charge in [-0.2, -0.15) is 149 Å². The third-order valence-corrected chi connectivity index (χ3v) is 7.05. The van der Waals surface area contributed by atoms with Crippen LogP contribution >= 0.6 is 0 Å². The highest BCUT2D eigenvalue weighted by Crippen LogP contribution is 2.67. The van der Waals surface area contributed by atoms with Gasteiger partial charge in [0.2, 0.25) is 0 Å². The molecule has 0 bridgehead atoms. The molecule has 0 aliphatic carbocycles. The van der Waals surface area contributed by atoms with E-state index in [1.165, 1.54) is 0 Å². The average molecular weight is 914 g/mol. The third kappa shape index (κ3) is 6.02. The molecular weight excluding hydrogens is 910 g/mol. The van der Waals surface area contributed by atoms with Gasteiger partial charge in [0.1, 0.15) is 0 Å². The van der Waals surface area contributed by atoms with Crippen molar-refractivity contribution in [3.8, 4) is 0 Å². The maximum absolute atomic E-state index is 14.3. The Bertz CT molecular complexity index is 1450. The van der Waals surface area contributed by atoms with Crippen LogP contribution in [0.2, 0.25) is 0 Å². The lowest BCUT2D eigenvalue weighted by Gasteiger charge is -2.43. The summed E-state index contributed by atoms with van der Waals surface area (Å²) in [4.78, 5) is 0. The molecule has 0 aliphatic rings. The molecule has 1 rings (SSSR count). The zero-order valence-corrected chi connectivity index (χ0v) is 24.2. The average Bonchev–Trinajstić information content (AvgIpc) is 2.98. The molecule has 0 nitrogen and oxygen atoms in total. The minimum absolute atomic E-state index is 1.66. The second-order valence-electron chi connectivity index (χ2n) is 10.6. The molecule has 330 valence electrons. The van der Waals surface area contributed by atoms with E-state index in [-0.39, 0.29) is 0 Å². The lowest BCUT2D eigenvalue weighted by atomic mass is 9.85. The van der Waals surface area contributed by atoms with Gasteiger partial charge in [0.15, 0.2) is 0 Å². The predicted molar refractivity (Wildman–Crippen MR) is 106 cm³/mol. The van der Waals surface area contributed by atoms with Crippen LogP contribution in [0.25, 0.3) is 0 Å². The number of alkyl halides is 34. The summed E-state index contributed by atoms with van der Waals surface area (Å²) in [6, 6.07) is -6.63. The highest BCUT2D eigenvalue weighted by Gasteiger charge is 2.97. The standard InChI is InChI=1S/C22H4F34/c23-7(24,9(27,28)11(31,32)13(35,36)15(39,40)17(43,44)19(47,48)21(51,52)53)5-1-2-6(4-3-5)8(25,26)10(29,30)12(33,34)14(37,38)16(41,42)18(45,46)20(49,50)22(54,55)56/h1-4H. The van der Waals surface area contributed by atoms with Crippen molar-refractivity contribution in [2.45, 2.75) is 95.3 Å². The Morgan fingerprint density at radius 2 is 0.304 bits per heavy atom. The highest BCUT2D eigenvalue weighted by molar-refractivity contribution is 5.33. The van der Waals surface area contributed by atoms with Crippen molar-refractivity contribution in [1.29, 1.82) is 0 Å². The van der Waals surface area contributed by atoms with E-state index in [0.717, 1.165) is 0 Å². The first kappa shape index (κ1) is 50.9. The van der Waals surface area contributed by atoms with Crippen molar-refractivity contribution >= 4 is 0 Å². The topological polar surface area (TPSA) is 0 Å². The number of hydrogen-bond acceptors (Lipinski definition) is 0. The van der Waals surface area contributed by atoms with Gasteiger partial charge in [-0.15, -0.1) is 0 Å². The fourth-order valence-corrected chi connectivity index (χ4v) is 3.58. The van der Waals surface area contributed by atoms with Crippen LogP contribution in [0.15, 0.2) is 24.3 Å². The van der Waals surface area contributed by atoms with Crippen LogP contribution in [0.4, 0.5) is 149 Å². The first-order chi connectivity index (χ1) is 23.7. The van der Waals surface area contributed by atoms with Crippen LogP contribution in [0.3, 0.4) is 0 Å². The molecule has 0 amide bonds.